The summed E-state index contributed by atoms with van der Waals surface area (Å²) in [6.07, 6.45) is 0. The first kappa shape index (κ1) is 26.0. The second-order valence-corrected chi connectivity index (χ2v) is 10.3. The Kier molecular flexibility index (Phi) is 8.50. The van der Waals surface area contributed by atoms with Crippen LogP contribution in [0.15, 0.2) is 76.4 Å². The molecule has 0 radical (unpaired) electrons. The molecular weight excluding hydrogens is 568 g/mol. The number of benzene rings is 3. The molecule has 1 heterocycles. The minimum absolute atomic E-state index is 0.306. The van der Waals surface area contributed by atoms with Crippen molar-refractivity contribution in [1.29, 1.82) is 0 Å². The molecule has 0 aliphatic carbocycles. The molecule has 0 spiro atoms. The Morgan fingerprint density at radius 2 is 1.81 bits per heavy atom. The number of thioether (sulfide) groups is 1. The zero-order chi connectivity index (χ0) is 25.7. The summed E-state index contributed by atoms with van der Waals surface area (Å²) in [6.45, 7) is 1.88. The number of methoxy groups -OCH3 is 1. The molecule has 0 N–H and O–H groups in total. The number of aromatic nitrogens is 3. The van der Waals surface area contributed by atoms with Crippen molar-refractivity contribution in [3.8, 4) is 17.2 Å². The highest BCUT2D eigenvalue weighted by Gasteiger charge is 2.25. The van der Waals surface area contributed by atoms with Crippen molar-refractivity contribution in [1.82, 2.24) is 14.8 Å². The zero-order valence-electron chi connectivity index (χ0n) is 19.4. The third-order valence-electron chi connectivity index (χ3n) is 5.31. The number of aryl methyl sites for hydroxylation is 1. The van der Waals surface area contributed by atoms with Crippen LogP contribution >= 0.6 is 39.3 Å². The molecule has 11 heteroatoms. The van der Waals surface area contributed by atoms with Crippen molar-refractivity contribution in [3.05, 3.63) is 103 Å². The van der Waals surface area contributed by atoms with Crippen molar-refractivity contribution >= 4 is 39.3 Å². The fourth-order valence-electron chi connectivity index (χ4n) is 3.53. The van der Waals surface area contributed by atoms with Gasteiger partial charge in [-0.25, -0.2) is 0 Å². The third kappa shape index (κ3) is 6.37. The van der Waals surface area contributed by atoms with Gasteiger partial charge in [0.05, 0.1) is 7.11 Å². The normalized spacial score (nSPS) is 11.8. The summed E-state index contributed by atoms with van der Waals surface area (Å²) in [7, 11) is 1.54. The summed E-state index contributed by atoms with van der Waals surface area (Å²) in [5.74, 6) is 1.71. The summed E-state index contributed by atoms with van der Waals surface area (Å²) < 4.78 is 14.3. The van der Waals surface area contributed by atoms with Gasteiger partial charge in [-0.3, -0.25) is 14.7 Å². The Morgan fingerprint density at radius 1 is 1.08 bits per heavy atom. The van der Waals surface area contributed by atoms with E-state index in [0.29, 0.717) is 39.7 Å². The van der Waals surface area contributed by atoms with E-state index in [0.717, 1.165) is 15.7 Å². The van der Waals surface area contributed by atoms with Crippen LogP contribution in [-0.4, -0.2) is 33.3 Å². The number of halogens is 2. The lowest BCUT2D eigenvalue weighted by molar-refractivity contribution is -0.479. The molecule has 4 aromatic rings. The molecule has 0 aliphatic rings. The molecule has 0 saturated carbocycles. The Balaban J connectivity index is 1.59. The molecule has 0 aliphatic heterocycles. The number of rotatable bonds is 10. The maximum absolute atomic E-state index is 11.6. The van der Waals surface area contributed by atoms with E-state index in [2.05, 4.69) is 26.1 Å². The van der Waals surface area contributed by atoms with Crippen LogP contribution in [0.1, 0.15) is 22.2 Å². The smallest absolute Gasteiger partial charge is 0.220 e. The van der Waals surface area contributed by atoms with Crippen LogP contribution < -0.4 is 9.47 Å². The van der Waals surface area contributed by atoms with Crippen LogP contribution in [0.25, 0.3) is 5.69 Å². The van der Waals surface area contributed by atoms with E-state index in [1.54, 1.807) is 31.4 Å². The fraction of sp³-hybridized carbons (Fsp3) is 0.200. The largest absolute Gasteiger partial charge is 0.493 e. The van der Waals surface area contributed by atoms with Crippen molar-refractivity contribution in [3.63, 3.8) is 0 Å². The minimum atomic E-state index is -0.538. The van der Waals surface area contributed by atoms with Gasteiger partial charge in [-0.1, -0.05) is 57.5 Å². The highest BCUT2D eigenvalue weighted by atomic mass is 79.9. The molecule has 1 atom stereocenters. The van der Waals surface area contributed by atoms with E-state index >= 15 is 0 Å². The zero-order valence-corrected chi connectivity index (χ0v) is 22.6. The maximum atomic E-state index is 11.6. The number of nitro groups is 1. The van der Waals surface area contributed by atoms with Crippen LogP contribution in [-0.2, 0) is 6.61 Å². The van der Waals surface area contributed by atoms with Gasteiger partial charge in [0.25, 0.3) is 0 Å². The predicted molar refractivity (Wildman–Crippen MR) is 143 cm³/mol. The van der Waals surface area contributed by atoms with Crippen LogP contribution in [0, 0.1) is 17.0 Å². The monoisotopic (exact) mass is 588 g/mol. The molecule has 4 rings (SSSR count). The second kappa shape index (κ2) is 11.8. The third-order valence-corrected chi connectivity index (χ3v) is 7.27. The molecule has 0 amide bonds. The van der Waals surface area contributed by atoms with Crippen LogP contribution in [0.4, 0.5) is 0 Å². The lowest BCUT2D eigenvalue weighted by Gasteiger charge is -2.17. The fourth-order valence-corrected chi connectivity index (χ4v) is 5.08. The van der Waals surface area contributed by atoms with Gasteiger partial charge in [0.1, 0.15) is 17.7 Å². The molecule has 3 aromatic carbocycles. The van der Waals surface area contributed by atoms with Gasteiger partial charge in [0.15, 0.2) is 16.7 Å². The molecule has 0 bridgehead atoms. The molecule has 36 heavy (non-hydrogen) atoms. The highest BCUT2D eigenvalue weighted by Crippen LogP contribution is 2.39. The average Bonchev–Trinajstić information content (AvgIpc) is 3.23. The van der Waals surface area contributed by atoms with Crippen LogP contribution in [0.5, 0.6) is 11.5 Å². The lowest BCUT2D eigenvalue weighted by Crippen LogP contribution is -2.11. The van der Waals surface area contributed by atoms with Gasteiger partial charge >= 0.3 is 0 Å². The molecule has 0 fully saturated rings. The van der Waals surface area contributed by atoms with Crippen molar-refractivity contribution < 1.29 is 14.4 Å². The summed E-state index contributed by atoms with van der Waals surface area (Å²) >= 11 is 10.7. The minimum Gasteiger partial charge on any atom is -0.493 e. The van der Waals surface area contributed by atoms with Crippen LogP contribution in [0.3, 0.4) is 0 Å². The van der Waals surface area contributed by atoms with Gasteiger partial charge in [-0.2, -0.15) is 0 Å². The molecule has 0 unspecified atom stereocenters. The number of hydrogen-bond acceptors (Lipinski definition) is 7. The molecule has 8 nitrogen and oxygen atoms in total. The van der Waals surface area contributed by atoms with Gasteiger partial charge in [-0.15, -0.1) is 10.2 Å². The van der Waals surface area contributed by atoms with Gasteiger partial charge in [0, 0.05) is 20.1 Å². The summed E-state index contributed by atoms with van der Waals surface area (Å²) in [5.41, 5.74) is 2.54. The summed E-state index contributed by atoms with van der Waals surface area (Å²) in [6, 6.07) is 20.4. The van der Waals surface area contributed by atoms with E-state index in [9.17, 15) is 10.1 Å². The van der Waals surface area contributed by atoms with E-state index in [1.165, 1.54) is 11.8 Å². The number of hydrogen-bond donors (Lipinski definition) is 0. The van der Waals surface area contributed by atoms with Crippen LogP contribution in [0.2, 0.25) is 5.02 Å². The standard InChI is InChI=1S/C25H22BrClN4O4S/c1-16-28-29-25(31(16)21-10-8-20(27)9-11-21)36-24(14-30(32)33)18-5-12-22(23(13-18)34-2)35-15-17-3-6-19(26)7-4-17/h3-13,24H,14-15H2,1-2H3/t24-/m0/s1. The van der Waals surface area contributed by atoms with Gasteiger partial charge in [0.2, 0.25) is 6.54 Å². The summed E-state index contributed by atoms with van der Waals surface area (Å²) in [5, 5.41) is 20.6. The first-order chi connectivity index (χ1) is 17.3. The number of nitrogens with zero attached hydrogens (tertiary/aromatic N) is 4. The van der Waals surface area contributed by atoms with E-state index in [-0.39, 0.29) is 11.5 Å². The van der Waals surface area contributed by atoms with E-state index in [4.69, 9.17) is 21.1 Å². The molecular formula is C25H22BrClN4O4S. The lowest BCUT2D eigenvalue weighted by atomic mass is 10.1. The number of ether oxygens (including phenoxy) is 2. The molecule has 1 aromatic heterocycles. The highest BCUT2D eigenvalue weighted by molar-refractivity contribution is 9.10. The Labute approximate surface area is 225 Å². The van der Waals surface area contributed by atoms with Gasteiger partial charge < -0.3 is 9.47 Å². The van der Waals surface area contributed by atoms with Crippen molar-refractivity contribution in [2.24, 2.45) is 0 Å². The summed E-state index contributed by atoms with van der Waals surface area (Å²) in [4.78, 5) is 11.2. The first-order valence-corrected chi connectivity index (χ1v) is 12.9. The Morgan fingerprint density at radius 3 is 2.47 bits per heavy atom. The Hall–Kier alpha value is -3.08. The topological polar surface area (TPSA) is 92.3 Å². The predicted octanol–water partition coefficient (Wildman–Crippen LogP) is 6.69. The SMILES string of the molecule is COc1cc([C@H](C[N+](=O)[O-])Sc2nnc(C)n2-c2ccc(Cl)cc2)ccc1OCc1ccc(Br)cc1. The van der Waals surface area contributed by atoms with Gasteiger partial charge in [-0.05, 0) is 66.6 Å². The van der Waals surface area contributed by atoms with Crippen molar-refractivity contribution in [2.45, 2.75) is 23.9 Å². The quantitative estimate of drug-likeness (QED) is 0.116. The molecule has 0 saturated heterocycles. The van der Waals surface area contributed by atoms with E-state index < -0.39 is 5.25 Å². The molecule has 186 valence electrons. The maximum Gasteiger partial charge on any atom is 0.220 e. The average molecular weight is 590 g/mol. The first-order valence-electron chi connectivity index (χ1n) is 10.9. The Bertz CT molecular complexity index is 1350. The second-order valence-electron chi connectivity index (χ2n) is 7.79. The van der Waals surface area contributed by atoms with Crippen molar-refractivity contribution in [2.75, 3.05) is 13.7 Å². The van der Waals surface area contributed by atoms with E-state index in [1.807, 2.05) is 54.0 Å².